The van der Waals surface area contributed by atoms with Crippen molar-refractivity contribution in [3.8, 4) is 0 Å². The quantitative estimate of drug-likeness (QED) is 0.590. The highest BCUT2D eigenvalue weighted by atomic mass is 16.5. The number of methoxy groups -OCH3 is 1. The van der Waals surface area contributed by atoms with Crippen molar-refractivity contribution in [1.29, 1.82) is 0 Å². The number of aliphatic hydroxyl groups is 1. The van der Waals surface area contributed by atoms with E-state index in [1.807, 2.05) is 13.8 Å². The van der Waals surface area contributed by atoms with Gasteiger partial charge in [-0.05, 0) is 6.08 Å². The van der Waals surface area contributed by atoms with Gasteiger partial charge in [-0.1, -0.05) is 32.6 Å². The van der Waals surface area contributed by atoms with Crippen LogP contribution in [0.25, 0.3) is 0 Å². The molecule has 0 saturated carbocycles. The second-order valence-electron chi connectivity index (χ2n) is 4.54. The Hall–Kier alpha value is -1.68. The maximum Gasteiger partial charge on any atom is 0.336 e. The standard InChI is InChI=1S/C13H16O4/c1-8(12(16)17-4)11(15)9-7-13(2,3)6-5-10(9)14/h5-7,11,15H,1H2,2-4H3. The first-order valence-corrected chi connectivity index (χ1v) is 5.20. The second-order valence-corrected chi connectivity index (χ2v) is 4.54. The van der Waals surface area contributed by atoms with Crippen LogP contribution in [-0.2, 0) is 14.3 Å². The van der Waals surface area contributed by atoms with Crippen LogP contribution in [0.4, 0.5) is 0 Å². The van der Waals surface area contributed by atoms with E-state index in [4.69, 9.17) is 0 Å². The molecule has 0 aromatic rings. The molecule has 17 heavy (non-hydrogen) atoms. The van der Waals surface area contributed by atoms with E-state index in [9.17, 15) is 14.7 Å². The third-order valence-electron chi connectivity index (χ3n) is 2.55. The number of carbonyl (C=O) groups excluding carboxylic acids is 2. The highest BCUT2D eigenvalue weighted by Gasteiger charge is 2.29. The molecule has 0 fully saturated rings. The summed E-state index contributed by atoms with van der Waals surface area (Å²) >= 11 is 0. The smallest absolute Gasteiger partial charge is 0.336 e. The first kappa shape index (κ1) is 13.4. The van der Waals surface area contributed by atoms with Gasteiger partial charge in [0.2, 0.25) is 0 Å². The summed E-state index contributed by atoms with van der Waals surface area (Å²) in [5, 5.41) is 9.92. The van der Waals surface area contributed by atoms with Gasteiger partial charge < -0.3 is 9.84 Å². The minimum Gasteiger partial charge on any atom is -0.466 e. The third kappa shape index (κ3) is 2.91. The summed E-state index contributed by atoms with van der Waals surface area (Å²) in [6.07, 6.45) is 3.45. The second kappa shape index (κ2) is 4.67. The lowest BCUT2D eigenvalue weighted by Gasteiger charge is -2.24. The molecular formula is C13H16O4. The summed E-state index contributed by atoms with van der Waals surface area (Å²) in [7, 11) is 1.20. The number of allylic oxidation sites excluding steroid dienone is 3. The number of esters is 1. The molecule has 92 valence electrons. The van der Waals surface area contributed by atoms with Crippen molar-refractivity contribution in [1.82, 2.24) is 0 Å². The van der Waals surface area contributed by atoms with Crippen molar-refractivity contribution in [2.75, 3.05) is 7.11 Å². The highest BCUT2D eigenvalue weighted by molar-refractivity contribution is 6.07. The third-order valence-corrected chi connectivity index (χ3v) is 2.55. The number of hydrogen-bond donors (Lipinski definition) is 1. The van der Waals surface area contributed by atoms with Crippen LogP contribution in [0.2, 0.25) is 0 Å². The topological polar surface area (TPSA) is 63.6 Å². The summed E-state index contributed by atoms with van der Waals surface area (Å²) in [4.78, 5) is 22.9. The molecule has 0 heterocycles. The number of hydrogen-bond acceptors (Lipinski definition) is 4. The van der Waals surface area contributed by atoms with Crippen LogP contribution in [0.1, 0.15) is 13.8 Å². The van der Waals surface area contributed by atoms with E-state index in [1.165, 1.54) is 13.2 Å². The minimum atomic E-state index is -1.32. The van der Waals surface area contributed by atoms with Gasteiger partial charge in [0.05, 0.1) is 12.7 Å². The lowest BCUT2D eigenvalue weighted by Crippen LogP contribution is -2.27. The van der Waals surface area contributed by atoms with Crippen LogP contribution in [-0.4, -0.2) is 30.1 Å². The normalized spacial score (nSPS) is 19.5. The molecule has 4 nitrogen and oxygen atoms in total. The first-order chi connectivity index (χ1) is 7.78. The van der Waals surface area contributed by atoms with Crippen molar-refractivity contribution in [3.63, 3.8) is 0 Å². The van der Waals surface area contributed by atoms with E-state index in [-0.39, 0.29) is 22.3 Å². The molecule has 1 aliphatic carbocycles. The average molecular weight is 236 g/mol. The molecule has 0 radical (unpaired) electrons. The van der Waals surface area contributed by atoms with E-state index in [0.29, 0.717) is 0 Å². The van der Waals surface area contributed by atoms with Crippen LogP contribution >= 0.6 is 0 Å². The van der Waals surface area contributed by atoms with Gasteiger partial charge in [0.1, 0.15) is 6.10 Å². The first-order valence-electron chi connectivity index (χ1n) is 5.20. The van der Waals surface area contributed by atoms with Crippen LogP contribution in [0, 0.1) is 5.41 Å². The van der Waals surface area contributed by atoms with Gasteiger partial charge in [-0.15, -0.1) is 0 Å². The zero-order valence-corrected chi connectivity index (χ0v) is 10.2. The van der Waals surface area contributed by atoms with E-state index >= 15 is 0 Å². The molecule has 0 spiro atoms. The Morgan fingerprint density at radius 2 is 2.12 bits per heavy atom. The predicted molar refractivity (Wildman–Crippen MR) is 63.2 cm³/mol. The Morgan fingerprint density at radius 3 is 2.65 bits per heavy atom. The van der Waals surface area contributed by atoms with E-state index in [2.05, 4.69) is 11.3 Å². The van der Waals surface area contributed by atoms with Gasteiger partial charge in [0, 0.05) is 11.0 Å². The molecule has 0 saturated heterocycles. The fraction of sp³-hybridized carbons (Fsp3) is 0.385. The zero-order chi connectivity index (χ0) is 13.2. The summed E-state index contributed by atoms with van der Waals surface area (Å²) < 4.78 is 4.46. The van der Waals surface area contributed by atoms with Gasteiger partial charge in [0.15, 0.2) is 5.78 Å². The maximum absolute atomic E-state index is 11.6. The fourth-order valence-corrected chi connectivity index (χ4v) is 1.55. The molecule has 0 bridgehead atoms. The van der Waals surface area contributed by atoms with Crippen molar-refractivity contribution in [3.05, 3.63) is 36.0 Å². The van der Waals surface area contributed by atoms with Crippen molar-refractivity contribution < 1.29 is 19.4 Å². The van der Waals surface area contributed by atoms with Gasteiger partial charge in [-0.25, -0.2) is 4.79 Å². The van der Waals surface area contributed by atoms with E-state index in [0.717, 1.165) is 0 Å². The number of ketones is 1. The number of ether oxygens (including phenoxy) is 1. The Morgan fingerprint density at radius 1 is 1.53 bits per heavy atom. The average Bonchev–Trinajstić information content (AvgIpc) is 2.29. The van der Waals surface area contributed by atoms with E-state index in [1.54, 1.807) is 12.2 Å². The van der Waals surface area contributed by atoms with Gasteiger partial charge in [0.25, 0.3) is 0 Å². The largest absolute Gasteiger partial charge is 0.466 e. The van der Waals surface area contributed by atoms with Gasteiger partial charge in [-0.2, -0.15) is 0 Å². The molecule has 1 aliphatic rings. The highest BCUT2D eigenvalue weighted by Crippen LogP contribution is 2.28. The Bertz CT molecular complexity index is 427. The van der Waals surface area contributed by atoms with Gasteiger partial charge >= 0.3 is 5.97 Å². The van der Waals surface area contributed by atoms with Crippen molar-refractivity contribution in [2.24, 2.45) is 5.41 Å². The Balaban J connectivity index is 3.00. The molecule has 0 aromatic heterocycles. The number of aliphatic hydroxyl groups excluding tert-OH is 1. The fourth-order valence-electron chi connectivity index (χ4n) is 1.55. The molecule has 1 N–H and O–H groups in total. The van der Waals surface area contributed by atoms with Crippen molar-refractivity contribution in [2.45, 2.75) is 20.0 Å². The Labute approximate surface area is 100 Å². The summed E-state index contributed by atoms with van der Waals surface area (Å²) in [6, 6.07) is 0. The molecule has 1 atom stereocenters. The lowest BCUT2D eigenvalue weighted by molar-refractivity contribution is -0.137. The molecule has 1 rings (SSSR count). The van der Waals surface area contributed by atoms with Gasteiger partial charge in [-0.3, -0.25) is 4.79 Å². The summed E-state index contributed by atoms with van der Waals surface area (Å²) in [6.45, 7) is 7.23. The lowest BCUT2D eigenvalue weighted by atomic mass is 9.82. The Kier molecular flexibility index (Phi) is 3.68. The number of rotatable bonds is 3. The van der Waals surface area contributed by atoms with Crippen LogP contribution < -0.4 is 0 Å². The molecular weight excluding hydrogens is 220 g/mol. The number of carbonyl (C=O) groups is 2. The maximum atomic E-state index is 11.6. The zero-order valence-electron chi connectivity index (χ0n) is 10.2. The summed E-state index contributed by atoms with van der Waals surface area (Å²) in [5.74, 6) is -1.04. The molecule has 4 heteroatoms. The molecule has 1 unspecified atom stereocenters. The van der Waals surface area contributed by atoms with Crippen LogP contribution in [0.15, 0.2) is 36.0 Å². The minimum absolute atomic E-state index is 0.141. The predicted octanol–water partition coefficient (Wildman–Crippen LogP) is 1.17. The molecule has 0 amide bonds. The monoisotopic (exact) mass is 236 g/mol. The molecule has 0 aromatic carbocycles. The molecule has 0 aliphatic heterocycles. The van der Waals surface area contributed by atoms with E-state index < -0.39 is 12.1 Å². The summed E-state index contributed by atoms with van der Waals surface area (Å²) in [5.41, 5.74) is -0.313. The van der Waals surface area contributed by atoms with Crippen LogP contribution in [0.3, 0.4) is 0 Å². The van der Waals surface area contributed by atoms with Crippen LogP contribution in [0.5, 0.6) is 0 Å². The van der Waals surface area contributed by atoms with Crippen molar-refractivity contribution >= 4 is 11.8 Å². The SMILES string of the molecule is C=C(C(=O)OC)C(O)C1=CC(C)(C)C=CC1=O.